The van der Waals surface area contributed by atoms with Crippen molar-refractivity contribution in [3.63, 3.8) is 0 Å². The van der Waals surface area contributed by atoms with Crippen LogP contribution in [-0.2, 0) is 9.57 Å². The van der Waals surface area contributed by atoms with Crippen LogP contribution in [0, 0.1) is 0 Å². The Balaban J connectivity index is 0.00000180. The maximum atomic E-state index is 11.8. The molecule has 1 aromatic rings. The molecule has 0 spiro atoms. The topological polar surface area (TPSA) is 76.1 Å². The van der Waals surface area contributed by atoms with Gasteiger partial charge in [-0.2, -0.15) is 0 Å². The maximum absolute atomic E-state index is 11.8. The molecule has 1 heterocycles. The molecule has 0 unspecified atom stereocenters. The standard InChI is InChI=1S/C12H13NO5.Na.H/c14-11(15)9-2-1-3-10(8-9)12(16)18-13-4-6-17-7-5-13;;/h1-3,8H,4-7H2,(H,14,15);;. The van der Waals surface area contributed by atoms with E-state index in [2.05, 4.69) is 0 Å². The van der Waals surface area contributed by atoms with E-state index < -0.39 is 11.9 Å². The van der Waals surface area contributed by atoms with Crippen LogP contribution in [0.1, 0.15) is 20.7 Å². The minimum atomic E-state index is -1.07. The third-order valence-electron chi connectivity index (χ3n) is 2.53. The Morgan fingerprint density at radius 3 is 2.47 bits per heavy atom. The van der Waals surface area contributed by atoms with Crippen LogP contribution in [0.5, 0.6) is 0 Å². The van der Waals surface area contributed by atoms with Crippen molar-refractivity contribution >= 4 is 41.5 Å². The minimum absolute atomic E-state index is 0. The van der Waals surface area contributed by atoms with Crippen molar-refractivity contribution in [3.05, 3.63) is 35.4 Å². The molecular formula is C12H14NNaO5. The van der Waals surface area contributed by atoms with Gasteiger partial charge in [0.05, 0.1) is 37.4 Å². The quantitative estimate of drug-likeness (QED) is 0.791. The van der Waals surface area contributed by atoms with Crippen molar-refractivity contribution in [2.45, 2.75) is 0 Å². The van der Waals surface area contributed by atoms with E-state index in [1.165, 1.54) is 29.3 Å². The van der Waals surface area contributed by atoms with Crippen LogP contribution in [0.3, 0.4) is 0 Å². The number of carboxylic acid groups (broad SMARTS) is 1. The van der Waals surface area contributed by atoms with Gasteiger partial charge in [0.15, 0.2) is 0 Å². The predicted octanol–water partition coefficient (Wildman–Crippen LogP) is 0.140. The van der Waals surface area contributed by atoms with Gasteiger partial charge in [0.2, 0.25) is 0 Å². The normalized spacial score (nSPS) is 15.4. The van der Waals surface area contributed by atoms with Crippen LogP contribution in [-0.4, -0.2) is 78.0 Å². The molecule has 1 fully saturated rings. The molecule has 6 nitrogen and oxygen atoms in total. The van der Waals surface area contributed by atoms with Crippen molar-refractivity contribution in [1.29, 1.82) is 0 Å². The van der Waals surface area contributed by atoms with E-state index in [-0.39, 0.29) is 40.7 Å². The fraction of sp³-hybridized carbons (Fsp3) is 0.333. The van der Waals surface area contributed by atoms with E-state index in [0.29, 0.717) is 26.3 Å². The van der Waals surface area contributed by atoms with E-state index in [4.69, 9.17) is 14.7 Å². The molecule has 98 valence electrons. The Bertz CT molecular complexity index is 459. The molecule has 0 atom stereocenters. The van der Waals surface area contributed by atoms with Gasteiger partial charge in [0.25, 0.3) is 0 Å². The summed E-state index contributed by atoms with van der Waals surface area (Å²) in [6, 6.07) is 5.76. The number of benzene rings is 1. The second-order valence-corrected chi connectivity index (χ2v) is 3.81. The summed E-state index contributed by atoms with van der Waals surface area (Å²) in [6.07, 6.45) is 0. The van der Waals surface area contributed by atoms with Crippen LogP contribution in [0.2, 0.25) is 0 Å². The van der Waals surface area contributed by atoms with Crippen molar-refractivity contribution in [2.24, 2.45) is 0 Å². The van der Waals surface area contributed by atoms with Crippen molar-refractivity contribution in [2.75, 3.05) is 26.3 Å². The summed E-state index contributed by atoms with van der Waals surface area (Å²) in [5.41, 5.74) is 0.285. The molecule has 0 bridgehead atoms. The second kappa shape index (κ2) is 7.62. The number of aromatic carboxylic acids is 1. The first kappa shape index (κ1) is 16.1. The molecule has 0 amide bonds. The van der Waals surface area contributed by atoms with Crippen LogP contribution < -0.4 is 0 Å². The predicted molar refractivity (Wildman–Crippen MR) is 68.4 cm³/mol. The van der Waals surface area contributed by atoms with Crippen LogP contribution in [0.25, 0.3) is 0 Å². The third-order valence-corrected chi connectivity index (χ3v) is 2.53. The molecule has 2 rings (SSSR count). The monoisotopic (exact) mass is 275 g/mol. The molecule has 1 saturated heterocycles. The summed E-state index contributed by atoms with van der Waals surface area (Å²) in [5, 5.41) is 10.3. The van der Waals surface area contributed by atoms with Crippen molar-refractivity contribution in [1.82, 2.24) is 5.06 Å². The summed E-state index contributed by atoms with van der Waals surface area (Å²) >= 11 is 0. The number of carbonyl (C=O) groups excluding carboxylic acids is 1. The molecule has 19 heavy (non-hydrogen) atoms. The molecule has 0 saturated carbocycles. The number of rotatable bonds is 3. The van der Waals surface area contributed by atoms with Crippen LogP contribution >= 0.6 is 0 Å². The van der Waals surface area contributed by atoms with E-state index in [1.54, 1.807) is 0 Å². The Labute approximate surface area is 132 Å². The molecule has 7 heteroatoms. The number of morpholine rings is 1. The van der Waals surface area contributed by atoms with Gasteiger partial charge in [-0.3, -0.25) is 0 Å². The van der Waals surface area contributed by atoms with Gasteiger partial charge in [-0.25, -0.2) is 9.59 Å². The Morgan fingerprint density at radius 2 is 1.84 bits per heavy atom. The van der Waals surface area contributed by atoms with E-state index >= 15 is 0 Å². The van der Waals surface area contributed by atoms with Gasteiger partial charge in [0.1, 0.15) is 0 Å². The first-order valence-corrected chi connectivity index (χ1v) is 5.55. The van der Waals surface area contributed by atoms with E-state index in [9.17, 15) is 9.59 Å². The van der Waals surface area contributed by atoms with Gasteiger partial charge in [0, 0.05) is 0 Å². The molecular weight excluding hydrogens is 261 g/mol. The van der Waals surface area contributed by atoms with E-state index in [1.807, 2.05) is 0 Å². The van der Waals surface area contributed by atoms with Crippen molar-refractivity contribution < 1.29 is 24.3 Å². The molecule has 0 aliphatic carbocycles. The fourth-order valence-electron chi connectivity index (χ4n) is 1.59. The van der Waals surface area contributed by atoms with Gasteiger partial charge >= 0.3 is 41.5 Å². The van der Waals surface area contributed by atoms with Crippen LogP contribution in [0.4, 0.5) is 0 Å². The first-order valence-electron chi connectivity index (χ1n) is 5.55. The summed E-state index contributed by atoms with van der Waals surface area (Å²) in [6.45, 7) is 2.07. The SMILES string of the molecule is O=C(O)c1cccc(C(=O)ON2CCOCC2)c1.[NaH]. The van der Waals surface area contributed by atoms with E-state index in [0.717, 1.165) is 0 Å². The molecule has 1 aromatic carbocycles. The molecule has 0 aromatic heterocycles. The number of hydrogen-bond donors (Lipinski definition) is 1. The number of hydrogen-bond acceptors (Lipinski definition) is 5. The molecule has 1 aliphatic heterocycles. The summed E-state index contributed by atoms with van der Waals surface area (Å²) in [7, 11) is 0. The summed E-state index contributed by atoms with van der Waals surface area (Å²) < 4.78 is 5.13. The Morgan fingerprint density at radius 1 is 1.21 bits per heavy atom. The number of carbonyl (C=O) groups is 2. The number of ether oxygens (including phenoxy) is 1. The van der Waals surface area contributed by atoms with Gasteiger partial charge in [-0.15, -0.1) is 5.06 Å². The first-order chi connectivity index (χ1) is 8.66. The van der Waals surface area contributed by atoms with Gasteiger partial charge < -0.3 is 14.7 Å². The Hall–Kier alpha value is -0.920. The molecule has 1 aliphatic rings. The van der Waals surface area contributed by atoms with Crippen molar-refractivity contribution in [3.8, 4) is 0 Å². The summed E-state index contributed by atoms with van der Waals surface area (Å²) in [4.78, 5) is 27.7. The van der Waals surface area contributed by atoms with Gasteiger partial charge in [-0.1, -0.05) is 6.07 Å². The third kappa shape index (κ3) is 4.59. The average molecular weight is 275 g/mol. The zero-order chi connectivity index (χ0) is 13.0. The van der Waals surface area contributed by atoms with Gasteiger partial charge in [-0.05, 0) is 18.2 Å². The number of nitrogens with zero attached hydrogens (tertiary/aromatic N) is 1. The molecule has 0 radical (unpaired) electrons. The zero-order valence-electron chi connectivity index (χ0n) is 9.67. The number of carboxylic acids is 1. The summed E-state index contributed by atoms with van der Waals surface area (Å²) in [5.74, 6) is -1.63. The average Bonchev–Trinajstić information content (AvgIpc) is 2.40. The van der Waals surface area contributed by atoms with Crippen LogP contribution in [0.15, 0.2) is 24.3 Å². The fourth-order valence-corrected chi connectivity index (χ4v) is 1.59. The Kier molecular flexibility index (Phi) is 6.47. The number of hydroxylamine groups is 2. The molecule has 1 N–H and O–H groups in total. The zero-order valence-corrected chi connectivity index (χ0v) is 9.67. The second-order valence-electron chi connectivity index (χ2n) is 3.81.